The minimum atomic E-state index is 0.303. The molecule has 0 aliphatic rings. The molecule has 1 atom stereocenters. The largest absolute Gasteiger partial charge is 0.508 e. The van der Waals surface area contributed by atoms with E-state index in [1.54, 1.807) is 23.5 Å². The maximum Gasteiger partial charge on any atom is 0.115 e. The van der Waals surface area contributed by atoms with Gasteiger partial charge in [0.2, 0.25) is 0 Å². The highest BCUT2D eigenvalue weighted by molar-refractivity contribution is 7.10. The summed E-state index contributed by atoms with van der Waals surface area (Å²) in [5, 5.41) is 11.4. The molecule has 90 valence electrons. The summed E-state index contributed by atoms with van der Waals surface area (Å²) in [7, 11) is 0. The van der Waals surface area contributed by atoms with Crippen LogP contribution in [0.5, 0.6) is 5.75 Å². The van der Waals surface area contributed by atoms with Crippen LogP contribution in [0.25, 0.3) is 0 Å². The average Bonchev–Trinajstić information content (AvgIpc) is 2.73. The predicted octanol–water partition coefficient (Wildman–Crippen LogP) is 3.05. The molecule has 17 heavy (non-hydrogen) atoms. The van der Waals surface area contributed by atoms with Crippen molar-refractivity contribution in [3.63, 3.8) is 0 Å². The van der Waals surface area contributed by atoms with Crippen molar-refractivity contribution < 1.29 is 5.11 Å². The van der Waals surface area contributed by atoms with Crippen LogP contribution in [-0.2, 0) is 6.42 Å². The van der Waals surface area contributed by atoms with Crippen LogP contribution in [0.15, 0.2) is 35.7 Å². The third-order valence-corrected chi connectivity index (χ3v) is 4.09. The maximum atomic E-state index is 9.28. The molecule has 1 heterocycles. The van der Waals surface area contributed by atoms with Crippen molar-refractivity contribution >= 4 is 11.3 Å². The van der Waals surface area contributed by atoms with Gasteiger partial charge < -0.3 is 10.8 Å². The van der Waals surface area contributed by atoms with Crippen molar-refractivity contribution in [3.8, 4) is 5.75 Å². The normalized spacial score (nSPS) is 12.6. The van der Waals surface area contributed by atoms with Gasteiger partial charge in [-0.1, -0.05) is 12.1 Å². The van der Waals surface area contributed by atoms with Gasteiger partial charge in [0.15, 0.2) is 0 Å². The van der Waals surface area contributed by atoms with Gasteiger partial charge in [0.25, 0.3) is 0 Å². The van der Waals surface area contributed by atoms with Crippen molar-refractivity contribution in [2.75, 3.05) is 6.54 Å². The highest BCUT2D eigenvalue weighted by Gasteiger charge is 2.12. The summed E-state index contributed by atoms with van der Waals surface area (Å²) in [6, 6.07) is 9.49. The van der Waals surface area contributed by atoms with Gasteiger partial charge in [-0.2, -0.15) is 0 Å². The zero-order valence-corrected chi connectivity index (χ0v) is 10.7. The number of phenolic OH excluding ortho intramolecular Hbond substituents is 1. The lowest BCUT2D eigenvalue weighted by Gasteiger charge is -2.15. The van der Waals surface area contributed by atoms with Gasteiger partial charge in [-0.05, 0) is 54.6 Å². The Morgan fingerprint density at radius 3 is 2.47 bits per heavy atom. The fraction of sp³-hybridized carbons (Fsp3) is 0.286. The molecule has 0 saturated carbocycles. The summed E-state index contributed by atoms with van der Waals surface area (Å²) < 4.78 is 0. The number of aromatic hydroxyl groups is 1. The number of benzene rings is 1. The molecule has 0 bridgehead atoms. The van der Waals surface area contributed by atoms with Crippen molar-refractivity contribution in [3.05, 3.63) is 51.7 Å². The lowest BCUT2D eigenvalue weighted by Crippen LogP contribution is -2.14. The first-order chi connectivity index (χ1) is 8.20. The van der Waals surface area contributed by atoms with E-state index in [0.717, 1.165) is 6.42 Å². The molecule has 2 nitrogen and oxygen atoms in total. The van der Waals surface area contributed by atoms with Gasteiger partial charge in [0.1, 0.15) is 5.75 Å². The van der Waals surface area contributed by atoms with Crippen molar-refractivity contribution in [1.29, 1.82) is 0 Å². The monoisotopic (exact) mass is 247 g/mol. The lowest BCUT2D eigenvalue weighted by molar-refractivity contribution is 0.475. The Bertz CT molecular complexity index is 475. The topological polar surface area (TPSA) is 46.2 Å². The number of hydrogen-bond donors (Lipinski definition) is 2. The van der Waals surface area contributed by atoms with Gasteiger partial charge in [-0.3, -0.25) is 0 Å². The third-order valence-electron chi connectivity index (χ3n) is 3.05. The summed E-state index contributed by atoms with van der Waals surface area (Å²) in [4.78, 5) is 1.40. The molecule has 0 aliphatic carbocycles. The fourth-order valence-corrected chi connectivity index (χ4v) is 2.91. The molecule has 0 amide bonds. The summed E-state index contributed by atoms with van der Waals surface area (Å²) in [6.07, 6.45) is 0.977. The molecule has 0 fully saturated rings. The van der Waals surface area contributed by atoms with Gasteiger partial charge in [0, 0.05) is 10.8 Å². The van der Waals surface area contributed by atoms with Crippen LogP contribution >= 0.6 is 11.3 Å². The fourth-order valence-electron chi connectivity index (χ4n) is 1.92. The van der Waals surface area contributed by atoms with Crippen molar-refractivity contribution in [2.45, 2.75) is 19.3 Å². The zero-order valence-electron chi connectivity index (χ0n) is 9.89. The highest BCUT2D eigenvalue weighted by atomic mass is 32.1. The molecule has 3 N–H and O–H groups in total. The summed E-state index contributed by atoms with van der Waals surface area (Å²) >= 11 is 1.79. The SMILES string of the molecule is Cc1ccsc1CC(CN)c1ccc(O)cc1. The van der Waals surface area contributed by atoms with Crippen LogP contribution < -0.4 is 5.73 Å². The molecule has 2 aromatic rings. The molecule has 1 unspecified atom stereocenters. The van der Waals surface area contributed by atoms with E-state index >= 15 is 0 Å². The van der Waals surface area contributed by atoms with Gasteiger partial charge in [0.05, 0.1) is 0 Å². The second-order valence-corrected chi connectivity index (χ2v) is 5.26. The van der Waals surface area contributed by atoms with E-state index in [4.69, 9.17) is 5.73 Å². The minimum Gasteiger partial charge on any atom is -0.508 e. The molecular formula is C14H17NOS. The molecule has 2 rings (SSSR count). The Morgan fingerprint density at radius 2 is 1.94 bits per heavy atom. The summed E-state index contributed by atoms with van der Waals surface area (Å²) in [6.45, 7) is 2.76. The third kappa shape index (κ3) is 2.87. The second kappa shape index (κ2) is 5.34. The zero-order chi connectivity index (χ0) is 12.3. The van der Waals surface area contributed by atoms with Crippen LogP contribution in [0.1, 0.15) is 21.9 Å². The van der Waals surface area contributed by atoms with E-state index in [2.05, 4.69) is 18.4 Å². The molecule has 1 aromatic carbocycles. The second-order valence-electron chi connectivity index (χ2n) is 4.26. The number of aryl methyl sites for hydroxylation is 1. The van der Waals surface area contributed by atoms with E-state index in [1.165, 1.54) is 16.0 Å². The van der Waals surface area contributed by atoms with Gasteiger partial charge in [-0.25, -0.2) is 0 Å². The molecule has 0 saturated heterocycles. The smallest absolute Gasteiger partial charge is 0.115 e. The first kappa shape index (κ1) is 12.1. The Balaban J connectivity index is 2.17. The molecule has 0 aliphatic heterocycles. The van der Waals surface area contributed by atoms with Crippen LogP contribution in [0.3, 0.4) is 0 Å². The van der Waals surface area contributed by atoms with Crippen LogP contribution in [0, 0.1) is 6.92 Å². The van der Waals surface area contributed by atoms with Crippen LogP contribution in [-0.4, -0.2) is 11.7 Å². The lowest BCUT2D eigenvalue weighted by atomic mass is 9.94. The Morgan fingerprint density at radius 1 is 1.24 bits per heavy atom. The van der Waals surface area contributed by atoms with E-state index in [9.17, 15) is 5.11 Å². The molecule has 0 spiro atoms. The first-order valence-corrected chi connectivity index (χ1v) is 6.60. The number of nitrogens with two attached hydrogens (primary N) is 1. The summed E-state index contributed by atoms with van der Waals surface area (Å²) in [5.74, 6) is 0.629. The average molecular weight is 247 g/mol. The quantitative estimate of drug-likeness (QED) is 0.872. The first-order valence-electron chi connectivity index (χ1n) is 5.72. The maximum absolute atomic E-state index is 9.28. The van der Waals surface area contributed by atoms with Gasteiger partial charge in [-0.15, -0.1) is 11.3 Å². The standard InChI is InChI=1S/C14H17NOS/c1-10-6-7-17-14(10)8-12(9-15)11-2-4-13(16)5-3-11/h2-7,12,16H,8-9,15H2,1H3. The highest BCUT2D eigenvalue weighted by Crippen LogP contribution is 2.26. The molecule has 0 radical (unpaired) electrons. The van der Waals surface area contributed by atoms with Gasteiger partial charge >= 0.3 is 0 Å². The Labute approximate surface area is 106 Å². The van der Waals surface area contributed by atoms with Crippen molar-refractivity contribution in [2.24, 2.45) is 5.73 Å². The van der Waals surface area contributed by atoms with E-state index in [-0.39, 0.29) is 0 Å². The number of thiophene rings is 1. The number of hydrogen-bond acceptors (Lipinski definition) is 3. The van der Waals surface area contributed by atoms with E-state index in [0.29, 0.717) is 18.2 Å². The number of phenols is 1. The number of rotatable bonds is 4. The van der Waals surface area contributed by atoms with E-state index in [1.807, 2.05) is 12.1 Å². The molecular weight excluding hydrogens is 230 g/mol. The predicted molar refractivity (Wildman–Crippen MR) is 72.7 cm³/mol. The Hall–Kier alpha value is -1.32. The van der Waals surface area contributed by atoms with Crippen LogP contribution in [0.4, 0.5) is 0 Å². The van der Waals surface area contributed by atoms with Crippen LogP contribution in [0.2, 0.25) is 0 Å². The summed E-state index contributed by atoms with van der Waals surface area (Å²) in [5.41, 5.74) is 8.38. The molecule has 3 heteroatoms. The molecule has 1 aromatic heterocycles. The minimum absolute atomic E-state index is 0.303. The van der Waals surface area contributed by atoms with E-state index < -0.39 is 0 Å². The van der Waals surface area contributed by atoms with Crippen molar-refractivity contribution in [1.82, 2.24) is 0 Å². The Kier molecular flexibility index (Phi) is 3.82.